The lowest BCUT2D eigenvalue weighted by atomic mass is 10.3. The van der Waals surface area contributed by atoms with E-state index in [1.165, 1.54) is 17.5 Å². The summed E-state index contributed by atoms with van der Waals surface area (Å²) in [5.41, 5.74) is 1.58. The van der Waals surface area contributed by atoms with Gasteiger partial charge in [0.2, 0.25) is 0 Å². The van der Waals surface area contributed by atoms with E-state index in [0.717, 1.165) is 0 Å². The van der Waals surface area contributed by atoms with Crippen LogP contribution < -0.4 is 5.32 Å². The van der Waals surface area contributed by atoms with Crippen molar-refractivity contribution in [2.75, 3.05) is 0 Å². The minimum absolute atomic E-state index is 0.244. The summed E-state index contributed by atoms with van der Waals surface area (Å²) in [6.07, 6.45) is 1.48. The van der Waals surface area contributed by atoms with Gasteiger partial charge in [-0.1, -0.05) is 0 Å². The predicted molar refractivity (Wildman–Crippen MR) is 44.7 cm³/mol. The second kappa shape index (κ2) is 3.83. The Labute approximate surface area is 73.9 Å². The van der Waals surface area contributed by atoms with E-state index in [0.29, 0.717) is 4.88 Å². The second-order valence-corrected chi connectivity index (χ2v) is 3.08. The van der Waals surface area contributed by atoms with Gasteiger partial charge in [0.05, 0.1) is 17.8 Å². The molecule has 1 rings (SSSR count). The maximum Gasteiger partial charge on any atom is 0.264 e. The Bertz CT molecular complexity index is 301. The minimum atomic E-state index is -0.459. The summed E-state index contributed by atoms with van der Waals surface area (Å²) in [5.74, 6) is -0.244. The SMILES string of the molecule is C[C@@H](C#N)NC(=O)c1cncs1. The Hall–Kier alpha value is -1.41. The van der Waals surface area contributed by atoms with Crippen LogP contribution in [0.2, 0.25) is 0 Å². The van der Waals surface area contributed by atoms with Crippen molar-refractivity contribution in [3.8, 4) is 6.07 Å². The number of hydrogen-bond acceptors (Lipinski definition) is 4. The lowest BCUT2D eigenvalue weighted by Crippen LogP contribution is -2.30. The van der Waals surface area contributed by atoms with Crippen molar-refractivity contribution < 1.29 is 4.79 Å². The molecule has 1 amide bonds. The van der Waals surface area contributed by atoms with Crippen LogP contribution in [0.5, 0.6) is 0 Å². The van der Waals surface area contributed by atoms with Crippen molar-refractivity contribution in [3.05, 3.63) is 16.6 Å². The monoisotopic (exact) mass is 181 g/mol. The van der Waals surface area contributed by atoms with E-state index in [1.54, 1.807) is 12.4 Å². The topological polar surface area (TPSA) is 65.8 Å². The molecule has 1 aromatic rings. The van der Waals surface area contributed by atoms with Crippen LogP contribution in [0.1, 0.15) is 16.6 Å². The Morgan fingerprint density at radius 3 is 3.17 bits per heavy atom. The van der Waals surface area contributed by atoms with Crippen LogP contribution in [0.4, 0.5) is 0 Å². The molecule has 0 radical (unpaired) electrons. The zero-order chi connectivity index (χ0) is 8.97. The third-order valence-electron chi connectivity index (χ3n) is 1.20. The van der Waals surface area contributed by atoms with Gasteiger partial charge in [-0.2, -0.15) is 5.26 Å². The molecule has 1 aromatic heterocycles. The van der Waals surface area contributed by atoms with E-state index in [4.69, 9.17) is 5.26 Å². The molecular formula is C7H7N3OS. The summed E-state index contributed by atoms with van der Waals surface area (Å²) in [6, 6.07) is 1.45. The standard InChI is InChI=1S/C7H7N3OS/c1-5(2-8)10-7(11)6-3-9-4-12-6/h3-5H,1H3,(H,10,11)/t5-/m0/s1. The van der Waals surface area contributed by atoms with Crippen LogP contribution >= 0.6 is 11.3 Å². The molecule has 0 aliphatic carbocycles. The van der Waals surface area contributed by atoms with Gasteiger partial charge < -0.3 is 5.32 Å². The molecule has 0 aliphatic heterocycles. The highest BCUT2D eigenvalue weighted by atomic mass is 32.1. The number of rotatable bonds is 2. The number of hydrogen-bond donors (Lipinski definition) is 1. The van der Waals surface area contributed by atoms with Crippen molar-refractivity contribution in [2.24, 2.45) is 0 Å². The van der Waals surface area contributed by atoms with Gasteiger partial charge in [-0.05, 0) is 6.92 Å². The molecule has 1 atom stereocenters. The summed E-state index contributed by atoms with van der Waals surface area (Å²) in [4.78, 5) is 15.5. The fraction of sp³-hybridized carbons (Fsp3) is 0.286. The first-order valence-corrected chi connectivity index (χ1v) is 4.21. The highest BCUT2D eigenvalue weighted by molar-refractivity contribution is 7.11. The Kier molecular flexibility index (Phi) is 2.77. The lowest BCUT2D eigenvalue weighted by Gasteiger charge is -2.02. The summed E-state index contributed by atoms with van der Waals surface area (Å²) < 4.78 is 0. The second-order valence-electron chi connectivity index (χ2n) is 2.19. The molecule has 0 saturated heterocycles. The van der Waals surface area contributed by atoms with Crippen LogP contribution in [0.15, 0.2) is 11.7 Å². The maximum absolute atomic E-state index is 11.2. The van der Waals surface area contributed by atoms with Gasteiger partial charge in [-0.25, -0.2) is 0 Å². The average molecular weight is 181 g/mol. The number of carbonyl (C=O) groups excluding carboxylic acids is 1. The zero-order valence-electron chi connectivity index (χ0n) is 6.44. The van der Waals surface area contributed by atoms with Crippen LogP contribution in [0.3, 0.4) is 0 Å². The largest absolute Gasteiger partial charge is 0.336 e. The number of nitriles is 1. The molecular weight excluding hydrogens is 174 g/mol. The normalized spacial score (nSPS) is 11.7. The average Bonchev–Trinajstić information content (AvgIpc) is 2.56. The third kappa shape index (κ3) is 2.04. The predicted octanol–water partition coefficient (Wildman–Crippen LogP) is 0.785. The van der Waals surface area contributed by atoms with Gasteiger partial charge in [-0.3, -0.25) is 9.78 Å². The quantitative estimate of drug-likeness (QED) is 0.733. The van der Waals surface area contributed by atoms with E-state index in [1.807, 2.05) is 6.07 Å². The van der Waals surface area contributed by atoms with E-state index in [9.17, 15) is 4.79 Å². The van der Waals surface area contributed by atoms with Gasteiger partial charge in [0.25, 0.3) is 5.91 Å². The Morgan fingerprint density at radius 1 is 1.92 bits per heavy atom. The third-order valence-corrected chi connectivity index (χ3v) is 1.97. The zero-order valence-corrected chi connectivity index (χ0v) is 7.26. The first-order valence-electron chi connectivity index (χ1n) is 3.33. The van der Waals surface area contributed by atoms with Crippen LogP contribution in [-0.4, -0.2) is 16.9 Å². The van der Waals surface area contributed by atoms with E-state index in [2.05, 4.69) is 10.3 Å². The molecule has 12 heavy (non-hydrogen) atoms. The van der Waals surface area contributed by atoms with Crippen molar-refractivity contribution >= 4 is 17.2 Å². The molecule has 0 aliphatic rings. The number of aromatic nitrogens is 1. The van der Waals surface area contributed by atoms with Crippen molar-refractivity contribution in [1.82, 2.24) is 10.3 Å². The van der Waals surface area contributed by atoms with Gasteiger partial charge in [0.15, 0.2) is 0 Å². The van der Waals surface area contributed by atoms with E-state index >= 15 is 0 Å². The molecule has 0 bridgehead atoms. The summed E-state index contributed by atoms with van der Waals surface area (Å²) in [6.45, 7) is 1.62. The number of nitrogens with one attached hydrogen (secondary N) is 1. The molecule has 0 aromatic carbocycles. The molecule has 62 valence electrons. The van der Waals surface area contributed by atoms with Crippen LogP contribution in [-0.2, 0) is 0 Å². The Morgan fingerprint density at radius 2 is 2.67 bits per heavy atom. The van der Waals surface area contributed by atoms with Crippen molar-refractivity contribution in [3.63, 3.8) is 0 Å². The van der Waals surface area contributed by atoms with Gasteiger partial charge in [0.1, 0.15) is 10.9 Å². The fourth-order valence-corrected chi connectivity index (χ4v) is 1.15. The van der Waals surface area contributed by atoms with Gasteiger partial charge in [0, 0.05) is 0 Å². The molecule has 5 heteroatoms. The van der Waals surface area contributed by atoms with Crippen molar-refractivity contribution in [1.29, 1.82) is 5.26 Å². The smallest absolute Gasteiger partial charge is 0.264 e. The van der Waals surface area contributed by atoms with Crippen LogP contribution in [0.25, 0.3) is 0 Å². The molecule has 1 heterocycles. The maximum atomic E-state index is 11.2. The lowest BCUT2D eigenvalue weighted by molar-refractivity contribution is 0.0951. The van der Waals surface area contributed by atoms with E-state index < -0.39 is 6.04 Å². The Balaban J connectivity index is 2.57. The van der Waals surface area contributed by atoms with Crippen molar-refractivity contribution in [2.45, 2.75) is 13.0 Å². The molecule has 1 N–H and O–H groups in total. The highest BCUT2D eigenvalue weighted by Gasteiger charge is 2.09. The number of nitrogens with zero attached hydrogens (tertiary/aromatic N) is 2. The highest BCUT2D eigenvalue weighted by Crippen LogP contribution is 2.04. The fourth-order valence-electron chi connectivity index (χ4n) is 0.628. The molecule has 0 saturated carbocycles. The first-order chi connectivity index (χ1) is 5.74. The number of thiazole rings is 1. The minimum Gasteiger partial charge on any atom is -0.336 e. The molecule has 0 spiro atoms. The van der Waals surface area contributed by atoms with E-state index in [-0.39, 0.29) is 5.91 Å². The van der Waals surface area contributed by atoms with Crippen LogP contribution in [0, 0.1) is 11.3 Å². The first kappa shape index (κ1) is 8.68. The van der Waals surface area contributed by atoms with Gasteiger partial charge in [-0.15, -0.1) is 11.3 Å². The molecule has 4 nitrogen and oxygen atoms in total. The summed E-state index contributed by atoms with van der Waals surface area (Å²) in [7, 11) is 0. The number of carbonyl (C=O) groups is 1. The molecule has 0 unspecified atom stereocenters. The summed E-state index contributed by atoms with van der Waals surface area (Å²) >= 11 is 1.25. The summed E-state index contributed by atoms with van der Waals surface area (Å²) in [5, 5.41) is 10.9. The number of amides is 1. The van der Waals surface area contributed by atoms with Gasteiger partial charge >= 0.3 is 0 Å². The molecule has 0 fully saturated rings.